The van der Waals surface area contributed by atoms with Crippen molar-refractivity contribution in [3.63, 3.8) is 0 Å². The van der Waals surface area contributed by atoms with E-state index in [9.17, 15) is 9.59 Å². The Morgan fingerprint density at radius 3 is 2.49 bits per heavy atom. The summed E-state index contributed by atoms with van der Waals surface area (Å²) in [7, 11) is 0. The predicted molar refractivity (Wildman–Crippen MR) is 146 cm³/mol. The molecule has 0 radical (unpaired) electrons. The maximum Gasteiger partial charge on any atom is 0.338 e. The van der Waals surface area contributed by atoms with Gasteiger partial charge in [0.15, 0.2) is 0 Å². The molecular formula is C30H38N4O3. The van der Waals surface area contributed by atoms with Gasteiger partial charge in [0.05, 0.1) is 29.4 Å². The largest absolute Gasteiger partial charge is 0.459 e. The molecule has 2 heterocycles. The van der Waals surface area contributed by atoms with Gasteiger partial charge in [-0.15, -0.1) is 0 Å². The Morgan fingerprint density at radius 1 is 1.14 bits per heavy atom. The first-order valence-electron chi connectivity index (χ1n) is 13.2. The number of nitrogens with one attached hydrogen (secondary N) is 2. The highest BCUT2D eigenvalue weighted by Crippen LogP contribution is 2.39. The monoisotopic (exact) mass is 502 g/mol. The summed E-state index contributed by atoms with van der Waals surface area (Å²) in [6.07, 6.45) is 4.13. The standard InChI is InChI=1S/C30H38N4O3/c1-6-21(22-12-14-24(15-13-22)29(36)37-20(2)3)16-17-31-28(35)25-19-32-34-27(25)33-26(18-30(34,4)5)23-10-8-7-9-11-23/h7-15,19-21,26,33H,6,16-18H2,1-5H3,(H,31,35). The van der Waals surface area contributed by atoms with Crippen molar-refractivity contribution in [3.8, 4) is 0 Å². The van der Waals surface area contributed by atoms with Crippen LogP contribution in [-0.2, 0) is 10.3 Å². The average Bonchev–Trinajstić information content (AvgIpc) is 3.32. The fourth-order valence-electron chi connectivity index (χ4n) is 5.04. The number of amides is 1. The fraction of sp³-hybridized carbons (Fsp3) is 0.433. The molecule has 7 heteroatoms. The summed E-state index contributed by atoms with van der Waals surface area (Å²) >= 11 is 0. The van der Waals surface area contributed by atoms with Gasteiger partial charge in [0, 0.05) is 6.54 Å². The Bertz CT molecular complexity index is 1220. The van der Waals surface area contributed by atoms with Crippen molar-refractivity contribution in [2.24, 2.45) is 0 Å². The summed E-state index contributed by atoms with van der Waals surface area (Å²) < 4.78 is 7.21. The predicted octanol–water partition coefficient (Wildman–Crippen LogP) is 6.05. The van der Waals surface area contributed by atoms with Crippen molar-refractivity contribution in [1.82, 2.24) is 15.1 Å². The van der Waals surface area contributed by atoms with Crippen molar-refractivity contribution in [1.29, 1.82) is 0 Å². The second-order valence-electron chi connectivity index (χ2n) is 10.7. The van der Waals surface area contributed by atoms with Crippen molar-refractivity contribution in [3.05, 3.63) is 83.0 Å². The van der Waals surface area contributed by atoms with Crippen LogP contribution in [0, 0.1) is 0 Å². The minimum Gasteiger partial charge on any atom is -0.459 e. The number of aromatic nitrogens is 2. The van der Waals surface area contributed by atoms with Gasteiger partial charge < -0.3 is 15.4 Å². The van der Waals surface area contributed by atoms with Gasteiger partial charge in [0.2, 0.25) is 0 Å². The Hall–Kier alpha value is -3.61. The lowest BCUT2D eigenvalue weighted by Crippen LogP contribution is -2.38. The SMILES string of the molecule is CCC(CCNC(=O)c1cnn2c1NC(c1ccccc1)CC2(C)C)c1ccc(C(=O)OC(C)C)cc1. The maximum atomic E-state index is 13.2. The number of carbonyl (C=O) groups excluding carboxylic acids is 2. The molecule has 37 heavy (non-hydrogen) atoms. The highest BCUT2D eigenvalue weighted by atomic mass is 16.5. The van der Waals surface area contributed by atoms with Crippen LogP contribution in [0.1, 0.15) is 97.7 Å². The minimum atomic E-state index is -0.308. The third-order valence-corrected chi connectivity index (χ3v) is 7.04. The third-order valence-electron chi connectivity index (χ3n) is 7.04. The number of nitrogens with zero attached hydrogens (tertiary/aromatic N) is 2. The minimum absolute atomic E-state index is 0.109. The molecule has 0 bridgehead atoms. The van der Waals surface area contributed by atoms with Crippen molar-refractivity contribution in [2.45, 2.75) is 77.5 Å². The van der Waals surface area contributed by atoms with Crippen molar-refractivity contribution in [2.75, 3.05) is 11.9 Å². The highest BCUT2D eigenvalue weighted by Gasteiger charge is 2.36. The number of benzene rings is 2. The van der Waals surface area contributed by atoms with Crippen molar-refractivity contribution < 1.29 is 14.3 Å². The van der Waals surface area contributed by atoms with Gasteiger partial charge in [-0.2, -0.15) is 5.10 Å². The quantitative estimate of drug-likeness (QED) is 0.348. The summed E-state index contributed by atoms with van der Waals surface area (Å²) in [5.41, 5.74) is 3.24. The molecule has 1 amide bonds. The molecule has 0 fully saturated rings. The first-order valence-corrected chi connectivity index (χ1v) is 13.2. The van der Waals surface area contributed by atoms with Crippen molar-refractivity contribution >= 4 is 17.7 Å². The summed E-state index contributed by atoms with van der Waals surface area (Å²) in [5.74, 6) is 0.604. The molecule has 3 aromatic rings. The van der Waals surface area contributed by atoms with Crippen LogP contribution in [0.5, 0.6) is 0 Å². The molecule has 2 atom stereocenters. The molecule has 0 spiro atoms. The van der Waals surface area contributed by atoms with E-state index >= 15 is 0 Å². The highest BCUT2D eigenvalue weighted by molar-refractivity contribution is 5.99. The molecule has 196 valence electrons. The number of fused-ring (bicyclic) bond motifs is 1. The van der Waals surface area contributed by atoms with Crippen LogP contribution < -0.4 is 10.6 Å². The van der Waals surface area contributed by atoms with Crippen LogP contribution in [0.15, 0.2) is 60.8 Å². The average molecular weight is 503 g/mol. The second-order valence-corrected chi connectivity index (χ2v) is 10.7. The second kappa shape index (κ2) is 11.2. The zero-order valence-electron chi connectivity index (χ0n) is 22.5. The van der Waals surface area contributed by atoms with Gasteiger partial charge in [-0.1, -0.05) is 49.4 Å². The third kappa shape index (κ3) is 6.04. The van der Waals surface area contributed by atoms with E-state index in [1.165, 1.54) is 5.56 Å². The summed E-state index contributed by atoms with van der Waals surface area (Å²) in [6.45, 7) is 10.7. The van der Waals surface area contributed by atoms with E-state index in [0.29, 0.717) is 17.7 Å². The molecule has 1 aliphatic heterocycles. The number of anilines is 1. The van der Waals surface area contributed by atoms with Crippen LogP contribution in [0.4, 0.5) is 5.82 Å². The molecule has 2 N–H and O–H groups in total. The lowest BCUT2D eigenvalue weighted by Gasteiger charge is -2.38. The van der Waals surface area contributed by atoms with Crippen LogP contribution in [-0.4, -0.2) is 34.3 Å². The molecule has 1 aromatic heterocycles. The molecule has 4 rings (SSSR count). The van der Waals surface area contributed by atoms with Gasteiger partial charge in [0.1, 0.15) is 11.4 Å². The van der Waals surface area contributed by atoms with Crippen LogP contribution in [0.25, 0.3) is 0 Å². The number of rotatable bonds is 9. The lowest BCUT2D eigenvalue weighted by atomic mass is 9.89. The van der Waals surface area contributed by atoms with Crippen LogP contribution >= 0.6 is 0 Å². The Kier molecular flexibility index (Phi) is 8.00. The topological polar surface area (TPSA) is 85.3 Å². The number of hydrogen-bond donors (Lipinski definition) is 2. The van der Waals surface area contributed by atoms with E-state index in [1.807, 2.05) is 61.0 Å². The number of hydrogen-bond acceptors (Lipinski definition) is 5. The van der Waals surface area contributed by atoms with E-state index in [-0.39, 0.29) is 35.5 Å². The molecule has 1 aliphatic rings. The summed E-state index contributed by atoms with van der Waals surface area (Å²) in [6, 6.07) is 18.0. The van der Waals surface area contributed by atoms with E-state index in [4.69, 9.17) is 4.74 Å². The zero-order valence-corrected chi connectivity index (χ0v) is 22.5. The number of ether oxygens (including phenoxy) is 1. The Morgan fingerprint density at radius 2 is 1.84 bits per heavy atom. The molecular weight excluding hydrogens is 464 g/mol. The van der Waals surface area contributed by atoms with E-state index < -0.39 is 0 Å². The number of esters is 1. The van der Waals surface area contributed by atoms with Crippen LogP contribution in [0.3, 0.4) is 0 Å². The lowest BCUT2D eigenvalue weighted by molar-refractivity contribution is 0.0377. The summed E-state index contributed by atoms with van der Waals surface area (Å²) in [4.78, 5) is 25.3. The first-order chi connectivity index (χ1) is 17.7. The number of carbonyl (C=O) groups is 2. The molecule has 0 aliphatic carbocycles. The Balaban J connectivity index is 1.39. The van der Waals surface area contributed by atoms with Gasteiger partial charge in [-0.25, -0.2) is 9.48 Å². The molecule has 7 nitrogen and oxygen atoms in total. The summed E-state index contributed by atoms with van der Waals surface area (Å²) in [5, 5.41) is 11.2. The van der Waals surface area contributed by atoms with Crippen LogP contribution in [0.2, 0.25) is 0 Å². The van der Waals surface area contributed by atoms with E-state index in [0.717, 1.165) is 30.6 Å². The molecule has 2 unspecified atom stereocenters. The molecule has 2 aromatic carbocycles. The molecule has 0 saturated heterocycles. The van der Waals surface area contributed by atoms with Gasteiger partial charge in [-0.05, 0) is 76.1 Å². The normalized spacial score (nSPS) is 17.0. The van der Waals surface area contributed by atoms with E-state index in [2.05, 4.69) is 48.6 Å². The van der Waals surface area contributed by atoms with Gasteiger partial charge >= 0.3 is 5.97 Å². The fourth-order valence-corrected chi connectivity index (χ4v) is 5.04. The Labute approximate surface area is 219 Å². The van der Waals surface area contributed by atoms with Gasteiger partial charge in [0.25, 0.3) is 5.91 Å². The molecule has 0 saturated carbocycles. The smallest absolute Gasteiger partial charge is 0.338 e. The maximum absolute atomic E-state index is 13.2. The first kappa shape index (κ1) is 26.5. The zero-order chi connectivity index (χ0) is 26.6. The van der Waals surface area contributed by atoms with E-state index in [1.54, 1.807) is 6.20 Å². The van der Waals surface area contributed by atoms with Gasteiger partial charge in [-0.3, -0.25) is 4.79 Å².